The molecule has 0 aliphatic rings. The van der Waals surface area contributed by atoms with Crippen molar-refractivity contribution in [2.75, 3.05) is 25.5 Å². The number of carbonyl (C=O) groups is 2. The monoisotopic (exact) mass is 414 g/mol. The van der Waals surface area contributed by atoms with Gasteiger partial charge in [0.1, 0.15) is 0 Å². The highest BCUT2D eigenvalue weighted by Crippen LogP contribution is 2.21. The molecule has 1 unspecified atom stereocenters. The number of benzene rings is 2. The smallest absolute Gasteiger partial charge is 0.279 e. The maximum absolute atomic E-state index is 12.1. The predicted molar refractivity (Wildman–Crippen MR) is 105 cm³/mol. The van der Waals surface area contributed by atoms with E-state index >= 15 is 0 Å². The first-order valence-electron chi connectivity index (χ1n) is 7.91. The molecule has 0 bridgehead atoms. The highest BCUT2D eigenvalue weighted by molar-refractivity contribution is 6.35. The fraction of sp³-hybridized carbons (Fsp3) is 0.222. The Hall–Kier alpha value is -1.79. The number of likely N-dealkylation sites (N-methyl/N-ethyl adjacent to an activating group) is 1. The molecule has 138 valence electrons. The van der Waals surface area contributed by atoms with Crippen LogP contribution in [0.25, 0.3) is 0 Å². The average molecular weight is 416 g/mol. The molecule has 2 amide bonds. The number of carbonyl (C=O) groups excluding carboxylic acids is 2. The first kappa shape index (κ1) is 20.5. The van der Waals surface area contributed by atoms with E-state index in [0.29, 0.717) is 27.3 Å². The van der Waals surface area contributed by atoms with Crippen LogP contribution in [-0.2, 0) is 16.1 Å². The van der Waals surface area contributed by atoms with Crippen LogP contribution in [0.3, 0.4) is 0 Å². The minimum absolute atomic E-state index is 0.139. The van der Waals surface area contributed by atoms with Crippen LogP contribution in [0.2, 0.25) is 15.1 Å². The van der Waals surface area contributed by atoms with Gasteiger partial charge in [0.15, 0.2) is 13.1 Å². The van der Waals surface area contributed by atoms with Crippen molar-refractivity contribution >= 4 is 52.3 Å². The lowest BCUT2D eigenvalue weighted by Gasteiger charge is -2.14. The van der Waals surface area contributed by atoms with Gasteiger partial charge >= 0.3 is 0 Å². The second kappa shape index (κ2) is 9.78. The summed E-state index contributed by atoms with van der Waals surface area (Å²) in [6.07, 6.45) is 0. The van der Waals surface area contributed by atoms with Crippen molar-refractivity contribution in [1.82, 2.24) is 5.32 Å². The molecule has 0 aliphatic heterocycles. The SMILES string of the molecule is C[NH+](CC(=O)NCc1ccc(Cl)cc1Cl)CC(=O)Nc1ccccc1Cl. The molecule has 8 heteroatoms. The second-order valence-electron chi connectivity index (χ2n) is 5.85. The van der Waals surface area contributed by atoms with Gasteiger partial charge in [-0.25, -0.2) is 0 Å². The van der Waals surface area contributed by atoms with E-state index in [9.17, 15) is 9.59 Å². The van der Waals surface area contributed by atoms with Gasteiger partial charge in [0.05, 0.1) is 17.8 Å². The summed E-state index contributed by atoms with van der Waals surface area (Å²) < 4.78 is 0. The molecule has 5 nitrogen and oxygen atoms in total. The molecule has 0 heterocycles. The molecule has 0 saturated heterocycles. The van der Waals surface area contributed by atoms with Gasteiger partial charge in [-0.1, -0.05) is 53.0 Å². The van der Waals surface area contributed by atoms with Crippen molar-refractivity contribution in [3.8, 4) is 0 Å². The third kappa shape index (κ3) is 6.50. The zero-order valence-electron chi connectivity index (χ0n) is 14.1. The lowest BCUT2D eigenvalue weighted by molar-refractivity contribution is -0.862. The van der Waals surface area contributed by atoms with E-state index in [0.717, 1.165) is 10.5 Å². The van der Waals surface area contributed by atoms with Crippen LogP contribution in [0.15, 0.2) is 42.5 Å². The number of nitrogens with one attached hydrogen (secondary N) is 3. The van der Waals surface area contributed by atoms with Crippen LogP contribution in [0, 0.1) is 0 Å². The van der Waals surface area contributed by atoms with Gasteiger partial charge < -0.3 is 15.5 Å². The number of hydrogen-bond donors (Lipinski definition) is 3. The minimum Gasteiger partial charge on any atom is -0.347 e. The van der Waals surface area contributed by atoms with Crippen LogP contribution < -0.4 is 15.5 Å². The average Bonchev–Trinajstić information content (AvgIpc) is 2.56. The summed E-state index contributed by atoms with van der Waals surface area (Å²) in [6, 6.07) is 12.1. The van der Waals surface area contributed by atoms with Gasteiger partial charge in [-0.15, -0.1) is 0 Å². The van der Waals surface area contributed by atoms with Gasteiger partial charge in [0, 0.05) is 16.6 Å². The number of quaternary nitrogens is 1. The topological polar surface area (TPSA) is 62.6 Å². The van der Waals surface area contributed by atoms with Gasteiger partial charge in [-0.3, -0.25) is 9.59 Å². The van der Waals surface area contributed by atoms with E-state index in [-0.39, 0.29) is 24.9 Å². The zero-order chi connectivity index (χ0) is 19.1. The molecule has 1 atom stereocenters. The van der Waals surface area contributed by atoms with Crippen molar-refractivity contribution in [1.29, 1.82) is 0 Å². The summed E-state index contributed by atoms with van der Waals surface area (Å²) >= 11 is 17.9. The summed E-state index contributed by atoms with van der Waals surface area (Å²) in [4.78, 5) is 24.8. The van der Waals surface area contributed by atoms with Gasteiger partial charge in [0.2, 0.25) is 0 Å². The highest BCUT2D eigenvalue weighted by Gasteiger charge is 2.15. The summed E-state index contributed by atoms with van der Waals surface area (Å²) in [7, 11) is 1.76. The molecule has 2 rings (SSSR count). The molecule has 0 fully saturated rings. The Kier molecular flexibility index (Phi) is 7.72. The fourth-order valence-corrected chi connectivity index (χ4v) is 2.95. The van der Waals surface area contributed by atoms with Crippen LogP contribution in [0.5, 0.6) is 0 Å². The number of amides is 2. The largest absolute Gasteiger partial charge is 0.347 e. The third-order valence-electron chi connectivity index (χ3n) is 3.56. The molecular weight excluding hydrogens is 397 g/mol. The van der Waals surface area contributed by atoms with E-state index in [2.05, 4.69) is 10.6 Å². The van der Waals surface area contributed by atoms with Gasteiger partial charge in [-0.05, 0) is 29.8 Å². The second-order valence-corrected chi connectivity index (χ2v) is 7.10. The maximum atomic E-state index is 12.1. The third-order valence-corrected chi connectivity index (χ3v) is 4.48. The van der Waals surface area contributed by atoms with Crippen molar-refractivity contribution in [2.45, 2.75) is 6.54 Å². The predicted octanol–water partition coefficient (Wildman–Crippen LogP) is 2.42. The molecule has 0 spiro atoms. The zero-order valence-corrected chi connectivity index (χ0v) is 16.4. The molecule has 26 heavy (non-hydrogen) atoms. The quantitative estimate of drug-likeness (QED) is 0.650. The van der Waals surface area contributed by atoms with Gasteiger partial charge in [0.25, 0.3) is 11.8 Å². The van der Waals surface area contributed by atoms with Gasteiger partial charge in [-0.2, -0.15) is 0 Å². The van der Waals surface area contributed by atoms with E-state index in [1.54, 1.807) is 49.5 Å². The molecule has 2 aromatic rings. The summed E-state index contributed by atoms with van der Waals surface area (Å²) in [5.41, 5.74) is 1.33. The standard InChI is InChI=1S/C18H18Cl3N3O2/c1-24(11-18(26)23-16-5-3-2-4-14(16)20)10-17(25)22-9-12-6-7-13(19)8-15(12)21/h2-8H,9-11H2,1H3,(H,22,25)(H,23,26)/p+1. The number of anilines is 1. The van der Waals surface area contributed by atoms with Crippen LogP contribution >= 0.6 is 34.8 Å². The number of para-hydroxylation sites is 1. The Labute approximate surface area is 167 Å². The van der Waals surface area contributed by atoms with Crippen molar-refractivity contribution in [3.63, 3.8) is 0 Å². The normalized spacial score (nSPS) is 11.7. The highest BCUT2D eigenvalue weighted by atomic mass is 35.5. The number of halogens is 3. The lowest BCUT2D eigenvalue weighted by atomic mass is 10.2. The summed E-state index contributed by atoms with van der Waals surface area (Å²) in [5, 5.41) is 7.02. The Bertz CT molecular complexity index is 799. The molecule has 0 aliphatic carbocycles. The van der Waals surface area contributed by atoms with Crippen LogP contribution in [0.4, 0.5) is 5.69 Å². The Morgan fingerprint density at radius 1 is 0.962 bits per heavy atom. The molecule has 0 aromatic heterocycles. The van der Waals surface area contributed by atoms with E-state index in [1.807, 2.05) is 0 Å². The summed E-state index contributed by atoms with van der Waals surface area (Å²) in [6.45, 7) is 0.593. The molecular formula is C18H19Cl3N3O2+. The van der Waals surface area contributed by atoms with E-state index in [4.69, 9.17) is 34.8 Å². The van der Waals surface area contributed by atoms with Crippen molar-refractivity contribution in [2.24, 2.45) is 0 Å². The first-order valence-corrected chi connectivity index (χ1v) is 9.05. The molecule has 0 radical (unpaired) electrons. The van der Waals surface area contributed by atoms with Crippen molar-refractivity contribution < 1.29 is 14.5 Å². The van der Waals surface area contributed by atoms with Crippen molar-refractivity contribution in [3.05, 3.63) is 63.1 Å². The minimum atomic E-state index is -0.218. The summed E-state index contributed by atoms with van der Waals surface area (Å²) in [5.74, 6) is -0.400. The maximum Gasteiger partial charge on any atom is 0.279 e. The lowest BCUT2D eigenvalue weighted by Crippen LogP contribution is -3.11. The van der Waals surface area contributed by atoms with E-state index in [1.165, 1.54) is 0 Å². The fourth-order valence-electron chi connectivity index (χ4n) is 2.29. The van der Waals surface area contributed by atoms with Crippen LogP contribution in [-0.4, -0.2) is 32.0 Å². The number of hydrogen-bond acceptors (Lipinski definition) is 2. The Morgan fingerprint density at radius 3 is 2.35 bits per heavy atom. The first-order chi connectivity index (χ1) is 12.3. The Morgan fingerprint density at radius 2 is 1.65 bits per heavy atom. The molecule has 0 saturated carbocycles. The Balaban J connectivity index is 1.77. The number of rotatable bonds is 7. The van der Waals surface area contributed by atoms with Crippen LogP contribution in [0.1, 0.15) is 5.56 Å². The molecule has 3 N–H and O–H groups in total. The van der Waals surface area contributed by atoms with E-state index < -0.39 is 0 Å². The molecule has 2 aromatic carbocycles.